The summed E-state index contributed by atoms with van der Waals surface area (Å²) in [6.45, 7) is 5.72. The summed E-state index contributed by atoms with van der Waals surface area (Å²) in [6.07, 6.45) is 0.402. The number of nitrogens with one attached hydrogen (secondary N) is 1. The van der Waals surface area contributed by atoms with Crippen LogP contribution < -0.4 is 5.56 Å². The molecule has 0 bridgehead atoms. The molecule has 0 atom stereocenters. The van der Waals surface area contributed by atoms with Crippen molar-refractivity contribution in [3.63, 3.8) is 0 Å². The lowest BCUT2D eigenvalue weighted by atomic mass is 10.1. The van der Waals surface area contributed by atoms with Crippen LogP contribution in [0.1, 0.15) is 30.9 Å². The molecule has 1 rings (SSSR count). The quantitative estimate of drug-likeness (QED) is 0.796. The van der Waals surface area contributed by atoms with Crippen molar-refractivity contribution in [2.45, 2.75) is 33.6 Å². The maximum absolute atomic E-state index is 11.6. The van der Waals surface area contributed by atoms with E-state index in [0.717, 1.165) is 0 Å². The molecule has 16 heavy (non-hydrogen) atoms. The standard InChI is InChI=1S/C11H16N2O3/c1-6(2)4-9-12-7(3)8(5-10(14)15)11(16)13-9/h6H,4-5H2,1-3H3,(H,14,15)(H,12,13,16). The third-order valence-electron chi connectivity index (χ3n) is 2.20. The summed E-state index contributed by atoms with van der Waals surface area (Å²) in [5.74, 6) is -0.00785. The van der Waals surface area contributed by atoms with E-state index in [2.05, 4.69) is 9.97 Å². The predicted molar refractivity (Wildman–Crippen MR) is 59.5 cm³/mol. The molecule has 1 heterocycles. The Labute approximate surface area is 93.5 Å². The number of carbonyl (C=O) groups is 1. The summed E-state index contributed by atoms with van der Waals surface area (Å²) < 4.78 is 0. The van der Waals surface area contributed by atoms with Gasteiger partial charge in [-0.3, -0.25) is 9.59 Å². The SMILES string of the molecule is Cc1nc(CC(C)C)[nH]c(=O)c1CC(=O)O. The second kappa shape index (κ2) is 4.92. The van der Waals surface area contributed by atoms with Crippen LogP contribution in [0.2, 0.25) is 0 Å². The summed E-state index contributed by atoms with van der Waals surface area (Å²) in [6, 6.07) is 0. The van der Waals surface area contributed by atoms with Gasteiger partial charge in [-0.1, -0.05) is 13.8 Å². The molecular formula is C11H16N2O3. The first-order valence-electron chi connectivity index (χ1n) is 5.20. The van der Waals surface area contributed by atoms with Crippen LogP contribution in [-0.2, 0) is 17.6 Å². The van der Waals surface area contributed by atoms with Crippen molar-refractivity contribution < 1.29 is 9.90 Å². The lowest BCUT2D eigenvalue weighted by molar-refractivity contribution is -0.136. The minimum absolute atomic E-state index is 0.236. The molecule has 0 saturated heterocycles. The number of aryl methyl sites for hydroxylation is 1. The van der Waals surface area contributed by atoms with Crippen LogP contribution in [0.5, 0.6) is 0 Å². The van der Waals surface area contributed by atoms with Gasteiger partial charge in [0.25, 0.3) is 5.56 Å². The smallest absolute Gasteiger partial charge is 0.308 e. The average Bonchev–Trinajstić information content (AvgIpc) is 2.10. The molecule has 0 aliphatic rings. The number of rotatable bonds is 4. The van der Waals surface area contributed by atoms with Crippen LogP contribution in [0, 0.1) is 12.8 Å². The number of carboxylic acids is 1. The van der Waals surface area contributed by atoms with Crippen LogP contribution >= 0.6 is 0 Å². The summed E-state index contributed by atoms with van der Waals surface area (Å²) >= 11 is 0. The first kappa shape index (κ1) is 12.4. The second-order valence-electron chi connectivity index (χ2n) is 4.25. The number of carboxylic acid groups (broad SMARTS) is 1. The molecular weight excluding hydrogens is 208 g/mol. The third kappa shape index (κ3) is 3.18. The highest BCUT2D eigenvalue weighted by atomic mass is 16.4. The molecule has 0 unspecified atom stereocenters. The molecule has 5 nitrogen and oxygen atoms in total. The highest BCUT2D eigenvalue weighted by Crippen LogP contribution is 2.05. The minimum atomic E-state index is -1.02. The van der Waals surface area contributed by atoms with Crippen LogP contribution in [0.25, 0.3) is 0 Å². The fourth-order valence-electron chi connectivity index (χ4n) is 1.51. The van der Waals surface area contributed by atoms with Crippen molar-refractivity contribution in [3.8, 4) is 0 Å². The van der Waals surface area contributed by atoms with Gasteiger partial charge in [-0.05, 0) is 12.8 Å². The number of hydrogen-bond donors (Lipinski definition) is 2. The Hall–Kier alpha value is -1.65. The van der Waals surface area contributed by atoms with E-state index in [0.29, 0.717) is 23.9 Å². The molecule has 1 aromatic rings. The predicted octanol–water partition coefficient (Wildman–Crippen LogP) is 0.904. The zero-order chi connectivity index (χ0) is 12.3. The lowest BCUT2D eigenvalue weighted by Crippen LogP contribution is -2.22. The maximum Gasteiger partial charge on any atom is 0.308 e. The van der Waals surface area contributed by atoms with Crippen molar-refractivity contribution in [1.29, 1.82) is 0 Å². The van der Waals surface area contributed by atoms with E-state index in [1.807, 2.05) is 13.8 Å². The molecule has 0 fully saturated rings. The van der Waals surface area contributed by atoms with Gasteiger partial charge in [0.15, 0.2) is 0 Å². The van der Waals surface area contributed by atoms with Gasteiger partial charge in [-0.25, -0.2) is 4.98 Å². The monoisotopic (exact) mass is 224 g/mol. The van der Waals surface area contributed by atoms with E-state index in [9.17, 15) is 9.59 Å². The molecule has 2 N–H and O–H groups in total. The van der Waals surface area contributed by atoms with Gasteiger partial charge in [0.2, 0.25) is 0 Å². The number of nitrogens with zero attached hydrogens (tertiary/aromatic N) is 1. The Balaban J connectivity index is 3.07. The van der Waals surface area contributed by atoms with Gasteiger partial charge in [0, 0.05) is 17.7 Å². The number of H-pyrrole nitrogens is 1. The van der Waals surface area contributed by atoms with E-state index in [1.54, 1.807) is 6.92 Å². The van der Waals surface area contributed by atoms with E-state index in [-0.39, 0.29) is 17.5 Å². The number of aromatic nitrogens is 2. The van der Waals surface area contributed by atoms with Gasteiger partial charge < -0.3 is 10.1 Å². The van der Waals surface area contributed by atoms with Crippen LogP contribution in [0.4, 0.5) is 0 Å². The Morgan fingerprint density at radius 1 is 1.50 bits per heavy atom. The van der Waals surface area contributed by atoms with E-state index >= 15 is 0 Å². The van der Waals surface area contributed by atoms with Gasteiger partial charge in [-0.2, -0.15) is 0 Å². The normalized spacial score (nSPS) is 10.8. The van der Waals surface area contributed by atoms with Crippen molar-refractivity contribution in [2.24, 2.45) is 5.92 Å². The van der Waals surface area contributed by atoms with Crippen molar-refractivity contribution >= 4 is 5.97 Å². The molecule has 0 radical (unpaired) electrons. The zero-order valence-electron chi connectivity index (χ0n) is 9.70. The van der Waals surface area contributed by atoms with Gasteiger partial charge in [-0.15, -0.1) is 0 Å². The summed E-state index contributed by atoms with van der Waals surface area (Å²) in [5.41, 5.74) is 0.396. The van der Waals surface area contributed by atoms with Crippen LogP contribution in [0.15, 0.2) is 4.79 Å². The molecule has 0 amide bonds. The van der Waals surface area contributed by atoms with Crippen LogP contribution in [-0.4, -0.2) is 21.0 Å². The average molecular weight is 224 g/mol. The topological polar surface area (TPSA) is 83.0 Å². The first-order chi connectivity index (χ1) is 7.40. The number of aromatic amines is 1. The molecule has 0 aliphatic heterocycles. The Morgan fingerprint density at radius 3 is 2.56 bits per heavy atom. The van der Waals surface area contributed by atoms with Gasteiger partial charge in [0.1, 0.15) is 5.82 Å². The van der Waals surface area contributed by atoms with Gasteiger partial charge in [0.05, 0.1) is 6.42 Å². The summed E-state index contributed by atoms with van der Waals surface area (Å²) in [5, 5.41) is 8.65. The highest BCUT2D eigenvalue weighted by Gasteiger charge is 2.12. The highest BCUT2D eigenvalue weighted by molar-refractivity contribution is 5.70. The number of hydrogen-bond acceptors (Lipinski definition) is 3. The second-order valence-corrected chi connectivity index (χ2v) is 4.25. The molecule has 1 aromatic heterocycles. The summed E-state index contributed by atoms with van der Waals surface area (Å²) in [7, 11) is 0. The fourth-order valence-corrected chi connectivity index (χ4v) is 1.51. The Morgan fingerprint density at radius 2 is 2.12 bits per heavy atom. The summed E-state index contributed by atoms with van der Waals surface area (Å²) in [4.78, 5) is 29.0. The van der Waals surface area contributed by atoms with E-state index in [4.69, 9.17) is 5.11 Å². The lowest BCUT2D eigenvalue weighted by Gasteiger charge is -2.07. The van der Waals surface area contributed by atoms with E-state index in [1.165, 1.54) is 0 Å². The van der Waals surface area contributed by atoms with Crippen molar-refractivity contribution in [3.05, 3.63) is 27.4 Å². The number of aliphatic carboxylic acids is 1. The molecule has 0 saturated carbocycles. The molecule has 5 heteroatoms. The third-order valence-corrected chi connectivity index (χ3v) is 2.20. The van der Waals surface area contributed by atoms with E-state index < -0.39 is 5.97 Å². The largest absolute Gasteiger partial charge is 0.481 e. The first-order valence-corrected chi connectivity index (χ1v) is 5.20. The maximum atomic E-state index is 11.6. The van der Waals surface area contributed by atoms with Gasteiger partial charge >= 0.3 is 5.97 Å². The van der Waals surface area contributed by atoms with Crippen LogP contribution in [0.3, 0.4) is 0 Å². The van der Waals surface area contributed by atoms with Crippen molar-refractivity contribution in [2.75, 3.05) is 0 Å². The molecule has 0 aromatic carbocycles. The van der Waals surface area contributed by atoms with Crippen molar-refractivity contribution in [1.82, 2.24) is 9.97 Å². The molecule has 0 spiro atoms. The Bertz CT molecular complexity index is 449. The fraction of sp³-hybridized carbons (Fsp3) is 0.545. The Kier molecular flexibility index (Phi) is 3.82. The minimum Gasteiger partial charge on any atom is -0.481 e. The molecule has 0 aliphatic carbocycles. The molecule has 88 valence electrons. The zero-order valence-corrected chi connectivity index (χ0v) is 9.70.